The van der Waals surface area contributed by atoms with Gasteiger partial charge in [0.1, 0.15) is 23.1 Å². The van der Waals surface area contributed by atoms with E-state index in [1.165, 1.54) is 49.7 Å². The number of hydrogen-bond acceptors (Lipinski definition) is 4. The van der Waals surface area contributed by atoms with E-state index in [1.54, 1.807) is 0 Å². The summed E-state index contributed by atoms with van der Waals surface area (Å²) in [5.74, 6) is -5.44. The number of benzene rings is 2. The lowest BCUT2D eigenvalue weighted by atomic mass is 9.95. The Labute approximate surface area is 222 Å². The van der Waals surface area contributed by atoms with Gasteiger partial charge >= 0.3 is 6.18 Å². The molecule has 0 N–H and O–H groups in total. The van der Waals surface area contributed by atoms with E-state index in [2.05, 4.69) is 9.98 Å². The number of hydrogen-bond donors (Lipinski definition) is 0. The van der Waals surface area contributed by atoms with Gasteiger partial charge in [0.15, 0.2) is 11.3 Å². The fraction of sp³-hybridized carbons (Fsp3) is 0.154. The number of nitrogens with zero attached hydrogens (tertiary/aromatic N) is 4. The van der Waals surface area contributed by atoms with Crippen LogP contribution in [0.3, 0.4) is 0 Å². The Morgan fingerprint density at radius 2 is 1.79 bits per heavy atom. The van der Waals surface area contributed by atoms with Crippen LogP contribution in [0.25, 0.3) is 5.65 Å². The number of ether oxygens (including phenoxy) is 1. The molecule has 0 radical (unpaired) electrons. The predicted molar refractivity (Wildman–Crippen MR) is 131 cm³/mol. The molecular weight excluding hydrogens is 547 g/mol. The lowest BCUT2D eigenvalue weighted by Crippen LogP contribution is -2.28. The van der Waals surface area contributed by atoms with Gasteiger partial charge in [0, 0.05) is 47.2 Å². The highest BCUT2D eigenvalue weighted by Crippen LogP contribution is 2.37. The Hall–Kier alpha value is -4.32. The SMILES string of the molecule is COc1cc(F)c([C@@H]2CN(c3cccn4cc(C(F)(F)F)nc34)C(=O)C2=NC(=O)c2ccc(Cl)cc2)c(F)c1. The lowest BCUT2D eigenvalue weighted by Gasteiger charge is -2.17. The fourth-order valence-corrected chi connectivity index (χ4v) is 4.45. The van der Waals surface area contributed by atoms with Crippen molar-refractivity contribution in [3.63, 3.8) is 0 Å². The first-order valence-electron chi connectivity index (χ1n) is 11.3. The largest absolute Gasteiger partial charge is 0.497 e. The number of aliphatic imine (C=N–C) groups is 1. The van der Waals surface area contributed by atoms with Gasteiger partial charge in [-0.05, 0) is 36.4 Å². The molecule has 0 unspecified atom stereocenters. The number of carbonyl (C=O) groups excluding carboxylic acids is 2. The van der Waals surface area contributed by atoms with Crippen LogP contribution in [-0.4, -0.2) is 40.6 Å². The molecule has 39 heavy (non-hydrogen) atoms. The molecule has 2 aromatic heterocycles. The molecule has 2 aromatic carbocycles. The van der Waals surface area contributed by atoms with Crippen LogP contribution in [0.4, 0.5) is 27.6 Å². The molecule has 2 amide bonds. The number of pyridine rings is 1. The number of rotatable bonds is 4. The van der Waals surface area contributed by atoms with Crippen LogP contribution < -0.4 is 9.64 Å². The summed E-state index contributed by atoms with van der Waals surface area (Å²) in [4.78, 5) is 35.0. The predicted octanol–water partition coefficient (Wildman–Crippen LogP) is 5.71. The second-order valence-corrected chi connectivity index (χ2v) is 8.97. The molecule has 5 rings (SSSR count). The van der Waals surface area contributed by atoms with Crippen molar-refractivity contribution in [2.24, 2.45) is 4.99 Å². The van der Waals surface area contributed by atoms with E-state index in [4.69, 9.17) is 16.3 Å². The molecule has 1 aliphatic rings. The molecule has 1 fully saturated rings. The van der Waals surface area contributed by atoms with Crippen LogP contribution in [0.15, 0.2) is 65.9 Å². The number of amides is 2. The van der Waals surface area contributed by atoms with Gasteiger partial charge in [-0.15, -0.1) is 0 Å². The highest BCUT2D eigenvalue weighted by Gasteiger charge is 2.43. The average molecular weight is 563 g/mol. The fourth-order valence-electron chi connectivity index (χ4n) is 4.32. The van der Waals surface area contributed by atoms with E-state index in [-0.39, 0.29) is 22.6 Å². The Kier molecular flexibility index (Phi) is 6.59. The topological polar surface area (TPSA) is 76.3 Å². The average Bonchev–Trinajstić information content (AvgIpc) is 3.46. The highest BCUT2D eigenvalue weighted by atomic mass is 35.5. The third-order valence-electron chi connectivity index (χ3n) is 6.15. The minimum atomic E-state index is -4.76. The quantitative estimate of drug-likeness (QED) is 0.299. The maximum Gasteiger partial charge on any atom is 0.434 e. The van der Waals surface area contributed by atoms with Crippen LogP contribution >= 0.6 is 11.6 Å². The molecule has 13 heteroatoms. The standard InChI is InChI=1S/C26H16ClF5N4O3/c1-39-15-9-17(28)21(18(29)10-15)16-11-36(19-3-2-8-35-12-20(26(30,31)32)33-23(19)35)25(38)22(16)34-24(37)13-4-6-14(27)7-5-13/h2-10,12,16H,11H2,1H3/t16-/m0/s1. The van der Waals surface area contributed by atoms with Gasteiger partial charge in [0.25, 0.3) is 11.8 Å². The molecule has 1 aliphatic heterocycles. The van der Waals surface area contributed by atoms with Crippen molar-refractivity contribution >= 4 is 40.5 Å². The Bertz CT molecular complexity index is 1630. The smallest absolute Gasteiger partial charge is 0.434 e. The summed E-state index contributed by atoms with van der Waals surface area (Å²) in [6, 6.07) is 10.1. The lowest BCUT2D eigenvalue weighted by molar-refractivity contribution is -0.140. The number of halogens is 6. The number of anilines is 1. The van der Waals surface area contributed by atoms with Crippen LogP contribution in [-0.2, 0) is 11.0 Å². The molecule has 1 atom stereocenters. The monoisotopic (exact) mass is 562 g/mol. The summed E-state index contributed by atoms with van der Waals surface area (Å²) >= 11 is 5.86. The van der Waals surface area contributed by atoms with Gasteiger partial charge in [-0.1, -0.05) is 11.6 Å². The number of fused-ring (bicyclic) bond motifs is 1. The maximum absolute atomic E-state index is 15.1. The van der Waals surface area contributed by atoms with Crippen LogP contribution in [0.2, 0.25) is 5.02 Å². The highest BCUT2D eigenvalue weighted by molar-refractivity contribution is 6.49. The minimum absolute atomic E-state index is 0.0535. The summed E-state index contributed by atoms with van der Waals surface area (Å²) in [5.41, 5.74) is -2.49. The maximum atomic E-state index is 15.1. The molecule has 200 valence electrons. The number of carbonyl (C=O) groups is 2. The van der Waals surface area contributed by atoms with Gasteiger partial charge in [0.2, 0.25) is 0 Å². The number of alkyl halides is 3. The van der Waals surface area contributed by atoms with Crippen LogP contribution in [0.1, 0.15) is 27.5 Å². The minimum Gasteiger partial charge on any atom is -0.497 e. The Morgan fingerprint density at radius 1 is 1.13 bits per heavy atom. The van der Waals surface area contributed by atoms with E-state index in [1.807, 2.05) is 0 Å². The molecule has 0 aliphatic carbocycles. The van der Waals surface area contributed by atoms with E-state index in [9.17, 15) is 22.8 Å². The first-order chi connectivity index (χ1) is 18.5. The zero-order valence-electron chi connectivity index (χ0n) is 19.8. The van der Waals surface area contributed by atoms with E-state index < -0.39 is 59.1 Å². The van der Waals surface area contributed by atoms with Crippen molar-refractivity contribution in [3.8, 4) is 5.75 Å². The van der Waals surface area contributed by atoms with Crippen molar-refractivity contribution in [1.29, 1.82) is 0 Å². The molecule has 3 heterocycles. The summed E-state index contributed by atoms with van der Waals surface area (Å²) in [6.45, 7) is -0.431. The van der Waals surface area contributed by atoms with Crippen LogP contribution in [0.5, 0.6) is 5.75 Å². The van der Waals surface area contributed by atoms with Gasteiger partial charge in [-0.25, -0.2) is 18.8 Å². The van der Waals surface area contributed by atoms with Crippen molar-refractivity contribution in [3.05, 3.63) is 94.4 Å². The summed E-state index contributed by atoms with van der Waals surface area (Å²) in [5, 5.41) is 0.341. The normalized spacial score (nSPS) is 16.9. The summed E-state index contributed by atoms with van der Waals surface area (Å²) < 4.78 is 76.2. The molecular formula is C26H16ClF5N4O3. The molecule has 0 saturated carbocycles. The van der Waals surface area contributed by atoms with Gasteiger partial charge in [-0.3, -0.25) is 9.59 Å². The number of methoxy groups -OCH3 is 1. The molecule has 4 aromatic rings. The molecule has 0 bridgehead atoms. The zero-order valence-corrected chi connectivity index (χ0v) is 20.6. The Morgan fingerprint density at radius 3 is 2.41 bits per heavy atom. The molecule has 7 nitrogen and oxygen atoms in total. The second kappa shape index (κ2) is 9.77. The van der Waals surface area contributed by atoms with Crippen molar-refractivity contribution in [2.45, 2.75) is 12.1 Å². The summed E-state index contributed by atoms with van der Waals surface area (Å²) in [6.07, 6.45) is -2.70. The Balaban J connectivity index is 1.65. The van der Waals surface area contributed by atoms with E-state index >= 15 is 8.78 Å². The molecule has 1 saturated heterocycles. The number of aromatic nitrogens is 2. The third kappa shape index (κ3) is 4.83. The van der Waals surface area contributed by atoms with E-state index in [0.717, 1.165) is 27.6 Å². The van der Waals surface area contributed by atoms with Crippen molar-refractivity contribution in [1.82, 2.24) is 9.38 Å². The van der Waals surface area contributed by atoms with Crippen molar-refractivity contribution in [2.75, 3.05) is 18.6 Å². The first-order valence-corrected chi connectivity index (χ1v) is 11.6. The number of imidazole rings is 1. The van der Waals surface area contributed by atoms with Gasteiger partial charge in [0.05, 0.1) is 18.7 Å². The second-order valence-electron chi connectivity index (χ2n) is 8.53. The summed E-state index contributed by atoms with van der Waals surface area (Å²) in [7, 11) is 1.22. The zero-order chi connectivity index (χ0) is 28.1. The van der Waals surface area contributed by atoms with Gasteiger partial charge in [-0.2, -0.15) is 13.2 Å². The van der Waals surface area contributed by atoms with Crippen LogP contribution in [0, 0.1) is 11.6 Å². The van der Waals surface area contributed by atoms with Gasteiger partial charge < -0.3 is 14.0 Å². The van der Waals surface area contributed by atoms with Crippen molar-refractivity contribution < 1.29 is 36.3 Å². The van der Waals surface area contributed by atoms with E-state index in [0.29, 0.717) is 5.02 Å². The third-order valence-corrected chi connectivity index (χ3v) is 6.40. The first kappa shape index (κ1) is 26.3. The molecule has 0 spiro atoms.